The number of allylic oxidation sites excluding steroid dienone is 1. The van der Waals surface area contributed by atoms with Crippen molar-refractivity contribution in [1.82, 2.24) is 4.98 Å². The van der Waals surface area contributed by atoms with Crippen LogP contribution in [0.3, 0.4) is 0 Å². The third-order valence-corrected chi connectivity index (χ3v) is 4.87. The number of nitrogens with zero attached hydrogens (tertiary/aromatic N) is 3. The Labute approximate surface area is 157 Å². The Morgan fingerprint density at radius 1 is 1.23 bits per heavy atom. The first kappa shape index (κ1) is 19.5. The Hall–Kier alpha value is -2.78. The molecular formula is C20H21N3O2S. The van der Waals surface area contributed by atoms with Crippen molar-refractivity contribution in [3.63, 3.8) is 0 Å². The quantitative estimate of drug-likeness (QED) is 0.461. The fourth-order valence-electron chi connectivity index (χ4n) is 2.20. The highest BCUT2D eigenvalue weighted by atomic mass is 32.1. The summed E-state index contributed by atoms with van der Waals surface area (Å²) in [6.07, 6.45) is 1.45. The summed E-state index contributed by atoms with van der Waals surface area (Å²) in [5.41, 5.74) is 2.06. The van der Waals surface area contributed by atoms with Gasteiger partial charge in [-0.3, -0.25) is 14.5 Å². The largest absolute Gasteiger partial charge is 0.291 e. The van der Waals surface area contributed by atoms with Crippen LogP contribution < -0.4 is 4.90 Å². The first-order valence-electron chi connectivity index (χ1n) is 8.10. The first-order valence-corrected chi connectivity index (χ1v) is 8.98. The van der Waals surface area contributed by atoms with Crippen molar-refractivity contribution in [2.24, 2.45) is 0 Å². The van der Waals surface area contributed by atoms with Gasteiger partial charge in [-0.25, -0.2) is 4.98 Å². The van der Waals surface area contributed by atoms with E-state index in [9.17, 15) is 14.9 Å². The molecule has 0 bridgehead atoms. The Bertz CT molecular complexity index is 896. The summed E-state index contributed by atoms with van der Waals surface area (Å²) >= 11 is 1.28. The number of benzene rings is 1. The molecule has 26 heavy (non-hydrogen) atoms. The SMILES string of the molecule is CC(=O)N(C)c1nc(C=C(C#N)C(=O)c2ccc(C(C)(C)C)cc2)cs1. The second-order valence-corrected chi connectivity index (χ2v) is 7.80. The maximum Gasteiger partial charge on any atom is 0.225 e. The van der Waals surface area contributed by atoms with Gasteiger partial charge in [-0.15, -0.1) is 11.3 Å². The molecule has 0 atom stereocenters. The van der Waals surface area contributed by atoms with Gasteiger partial charge < -0.3 is 0 Å². The van der Waals surface area contributed by atoms with Crippen LogP contribution in [0.4, 0.5) is 5.13 Å². The van der Waals surface area contributed by atoms with Crippen molar-refractivity contribution in [1.29, 1.82) is 5.26 Å². The molecule has 134 valence electrons. The average Bonchev–Trinajstić information content (AvgIpc) is 3.06. The minimum atomic E-state index is -0.345. The van der Waals surface area contributed by atoms with E-state index in [4.69, 9.17) is 0 Å². The maximum atomic E-state index is 12.6. The standard InChI is InChI=1S/C20H21N3O2S/c1-13(24)23(5)19-22-17(12-26-19)10-15(11-21)18(25)14-6-8-16(9-7-14)20(2,3)4/h6-10,12H,1-5H3. The summed E-state index contributed by atoms with van der Waals surface area (Å²) in [5, 5.41) is 11.6. The highest BCUT2D eigenvalue weighted by Crippen LogP contribution is 2.24. The molecule has 2 aromatic rings. The maximum absolute atomic E-state index is 12.6. The van der Waals surface area contributed by atoms with Crippen molar-refractivity contribution >= 4 is 34.2 Å². The minimum absolute atomic E-state index is 0.00475. The predicted molar refractivity (Wildman–Crippen MR) is 104 cm³/mol. The summed E-state index contributed by atoms with van der Waals surface area (Å²) in [6, 6.07) is 9.25. The van der Waals surface area contributed by atoms with Gasteiger partial charge in [0.25, 0.3) is 0 Å². The molecule has 0 spiro atoms. The van der Waals surface area contributed by atoms with Gasteiger partial charge in [0, 0.05) is 24.9 Å². The number of aromatic nitrogens is 1. The van der Waals surface area contributed by atoms with E-state index in [0.29, 0.717) is 16.4 Å². The summed E-state index contributed by atoms with van der Waals surface area (Å²) < 4.78 is 0. The fraction of sp³-hybridized carbons (Fsp3) is 0.300. The lowest BCUT2D eigenvalue weighted by atomic mass is 9.86. The smallest absolute Gasteiger partial charge is 0.225 e. The number of hydrogen-bond acceptors (Lipinski definition) is 5. The van der Waals surface area contributed by atoms with E-state index in [2.05, 4.69) is 25.8 Å². The molecular weight excluding hydrogens is 346 g/mol. The minimum Gasteiger partial charge on any atom is -0.291 e. The molecule has 0 unspecified atom stereocenters. The monoisotopic (exact) mass is 367 g/mol. The van der Waals surface area contributed by atoms with Crippen LogP contribution in [0.25, 0.3) is 6.08 Å². The van der Waals surface area contributed by atoms with Gasteiger partial charge >= 0.3 is 0 Å². The Morgan fingerprint density at radius 2 is 1.85 bits per heavy atom. The number of anilines is 1. The van der Waals surface area contributed by atoms with Crippen LogP contribution in [0.5, 0.6) is 0 Å². The number of Topliss-reactive ketones (excluding diaryl/α,β-unsaturated/α-hetero) is 1. The van der Waals surface area contributed by atoms with Gasteiger partial charge in [0.2, 0.25) is 11.7 Å². The number of rotatable bonds is 4. The van der Waals surface area contributed by atoms with Crippen LogP contribution in [-0.4, -0.2) is 23.7 Å². The van der Waals surface area contributed by atoms with Gasteiger partial charge in [0.1, 0.15) is 11.6 Å². The summed E-state index contributed by atoms with van der Waals surface area (Å²) in [7, 11) is 1.63. The number of amides is 1. The van der Waals surface area contributed by atoms with Crippen LogP contribution in [0.2, 0.25) is 0 Å². The molecule has 6 heteroatoms. The first-order chi connectivity index (χ1) is 12.1. The summed E-state index contributed by atoms with van der Waals surface area (Å²) in [4.78, 5) is 29.7. The molecule has 1 aromatic carbocycles. The molecule has 1 heterocycles. The van der Waals surface area contributed by atoms with E-state index < -0.39 is 0 Å². The molecule has 0 N–H and O–H groups in total. The topological polar surface area (TPSA) is 74.1 Å². The molecule has 0 aliphatic heterocycles. The predicted octanol–water partition coefficient (Wildman–Crippen LogP) is 4.21. The number of carbonyl (C=O) groups is 2. The third-order valence-electron chi connectivity index (χ3n) is 3.94. The van der Waals surface area contributed by atoms with Crippen LogP contribution in [0.15, 0.2) is 35.2 Å². The van der Waals surface area contributed by atoms with E-state index in [1.54, 1.807) is 24.6 Å². The van der Waals surface area contributed by atoms with E-state index in [1.165, 1.54) is 29.2 Å². The van der Waals surface area contributed by atoms with E-state index >= 15 is 0 Å². The van der Waals surface area contributed by atoms with Crippen LogP contribution in [0, 0.1) is 11.3 Å². The number of nitriles is 1. The Morgan fingerprint density at radius 3 is 2.35 bits per heavy atom. The van der Waals surface area contributed by atoms with Gasteiger partial charge in [0.05, 0.1) is 5.69 Å². The Balaban J connectivity index is 2.28. The van der Waals surface area contributed by atoms with Crippen molar-refractivity contribution in [3.8, 4) is 6.07 Å². The lowest BCUT2D eigenvalue weighted by Crippen LogP contribution is -2.22. The Kier molecular flexibility index (Phi) is 5.73. The zero-order chi connectivity index (χ0) is 19.5. The normalized spacial score (nSPS) is 11.8. The molecule has 0 fully saturated rings. The highest BCUT2D eigenvalue weighted by Gasteiger charge is 2.17. The second-order valence-electron chi connectivity index (χ2n) is 6.96. The zero-order valence-electron chi connectivity index (χ0n) is 15.5. The number of thiazole rings is 1. The molecule has 0 saturated heterocycles. The summed E-state index contributed by atoms with van der Waals surface area (Å²) in [6.45, 7) is 7.75. The summed E-state index contributed by atoms with van der Waals surface area (Å²) in [5.74, 6) is -0.479. The molecule has 1 aromatic heterocycles. The molecule has 0 saturated carbocycles. The number of hydrogen-bond donors (Lipinski definition) is 0. The zero-order valence-corrected chi connectivity index (χ0v) is 16.3. The van der Waals surface area contributed by atoms with E-state index in [0.717, 1.165) is 5.56 Å². The molecule has 0 aliphatic carbocycles. The van der Waals surface area contributed by atoms with Gasteiger partial charge in [-0.1, -0.05) is 45.0 Å². The van der Waals surface area contributed by atoms with Crippen LogP contribution in [0.1, 0.15) is 49.3 Å². The van der Waals surface area contributed by atoms with E-state index in [1.807, 2.05) is 18.2 Å². The van der Waals surface area contributed by atoms with Gasteiger partial charge in [-0.2, -0.15) is 5.26 Å². The average molecular weight is 367 g/mol. The van der Waals surface area contributed by atoms with Crippen molar-refractivity contribution in [3.05, 3.63) is 52.0 Å². The highest BCUT2D eigenvalue weighted by molar-refractivity contribution is 7.14. The molecule has 2 rings (SSSR count). The fourth-order valence-corrected chi connectivity index (χ4v) is 3.00. The second kappa shape index (κ2) is 7.63. The molecule has 0 aliphatic rings. The lowest BCUT2D eigenvalue weighted by molar-refractivity contribution is -0.116. The number of carbonyl (C=O) groups excluding carboxylic acids is 2. The van der Waals surface area contributed by atoms with E-state index in [-0.39, 0.29) is 22.7 Å². The van der Waals surface area contributed by atoms with Crippen molar-refractivity contribution in [2.45, 2.75) is 33.1 Å². The van der Waals surface area contributed by atoms with Crippen LogP contribution >= 0.6 is 11.3 Å². The number of ketones is 1. The van der Waals surface area contributed by atoms with Crippen molar-refractivity contribution < 1.29 is 9.59 Å². The molecule has 5 nitrogen and oxygen atoms in total. The lowest BCUT2D eigenvalue weighted by Gasteiger charge is -2.18. The van der Waals surface area contributed by atoms with Crippen molar-refractivity contribution in [2.75, 3.05) is 11.9 Å². The van der Waals surface area contributed by atoms with Gasteiger partial charge in [0.15, 0.2) is 5.13 Å². The molecule has 0 radical (unpaired) electrons. The van der Waals surface area contributed by atoms with Gasteiger partial charge in [-0.05, 0) is 17.1 Å². The van der Waals surface area contributed by atoms with Crippen LogP contribution in [-0.2, 0) is 10.2 Å². The third kappa shape index (κ3) is 4.44. The molecule has 1 amide bonds.